The summed E-state index contributed by atoms with van der Waals surface area (Å²) in [6.45, 7) is 1.89. The molecule has 0 bridgehead atoms. The van der Waals surface area contributed by atoms with Gasteiger partial charge in [0.1, 0.15) is 0 Å². The molecule has 1 unspecified atom stereocenters. The summed E-state index contributed by atoms with van der Waals surface area (Å²) in [6.07, 6.45) is 4.00. The molecule has 1 aromatic carbocycles. The summed E-state index contributed by atoms with van der Waals surface area (Å²) in [6, 6.07) is 5.97. The number of halogens is 1. The zero-order valence-corrected chi connectivity index (χ0v) is 10.8. The third kappa shape index (κ3) is 1.51. The molecule has 2 nitrogen and oxygen atoms in total. The van der Waals surface area contributed by atoms with Crippen molar-refractivity contribution in [2.24, 2.45) is 7.05 Å². The van der Waals surface area contributed by atoms with Crippen LogP contribution in [0.2, 0.25) is 5.02 Å². The van der Waals surface area contributed by atoms with Crippen LogP contribution in [0.4, 0.5) is 0 Å². The van der Waals surface area contributed by atoms with Crippen molar-refractivity contribution in [1.82, 2.24) is 4.57 Å². The van der Waals surface area contributed by atoms with Gasteiger partial charge in [-0.25, -0.2) is 0 Å². The Hall–Kier alpha value is -0.990. The zero-order chi connectivity index (χ0) is 12.2. The minimum Gasteiger partial charge on any atom is -0.392 e. The fraction of sp³-hybridized carbons (Fsp3) is 0.429. The topological polar surface area (TPSA) is 25.2 Å². The Balaban J connectivity index is 2.25. The van der Waals surface area contributed by atoms with Crippen LogP contribution in [-0.4, -0.2) is 15.8 Å². The molecule has 3 rings (SSSR count). The fourth-order valence-electron chi connectivity index (χ4n) is 2.80. The lowest BCUT2D eigenvalue weighted by atomic mass is 9.90. The molecule has 1 fully saturated rings. The van der Waals surface area contributed by atoms with Gasteiger partial charge in [0.15, 0.2) is 0 Å². The Kier molecular flexibility index (Phi) is 2.29. The van der Waals surface area contributed by atoms with Gasteiger partial charge in [0, 0.05) is 34.6 Å². The van der Waals surface area contributed by atoms with Crippen molar-refractivity contribution in [3.63, 3.8) is 0 Å². The molecule has 0 saturated heterocycles. The first-order valence-corrected chi connectivity index (χ1v) is 6.35. The number of hydrogen-bond donors (Lipinski definition) is 1. The van der Waals surface area contributed by atoms with Crippen LogP contribution >= 0.6 is 11.6 Å². The molecule has 0 spiro atoms. The van der Waals surface area contributed by atoms with Gasteiger partial charge in [-0.15, -0.1) is 0 Å². The zero-order valence-electron chi connectivity index (χ0n) is 10.1. The number of fused-ring (bicyclic) bond motifs is 1. The molecule has 1 atom stereocenters. The normalized spacial score (nSPS) is 19.5. The molecule has 17 heavy (non-hydrogen) atoms. The Morgan fingerprint density at radius 2 is 2.12 bits per heavy atom. The van der Waals surface area contributed by atoms with Crippen LogP contribution in [0.15, 0.2) is 24.4 Å². The first-order valence-electron chi connectivity index (χ1n) is 5.98. The van der Waals surface area contributed by atoms with Gasteiger partial charge in [0.2, 0.25) is 0 Å². The van der Waals surface area contributed by atoms with E-state index in [1.165, 1.54) is 10.9 Å². The molecule has 0 amide bonds. The summed E-state index contributed by atoms with van der Waals surface area (Å²) < 4.78 is 2.10. The molecule has 1 saturated carbocycles. The minimum atomic E-state index is -0.288. The highest BCUT2D eigenvalue weighted by molar-refractivity contribution is 6.31. The van der Waals surface area contributed by atoms with Gasteiger partial charge in [-0.1, -0.05) is 17.7 Å². The van der Waals surface area contributed by atoms with Crippen LogP contribution in [0.3, 0.4) is 0 Å². The Bertz CT molecular complexity index is 581. The van der Waals surface area contributed by atoms with Crippen LogP contribution in [0.5, 0.6) is 0 Å². The van der Waals surface area contributed by atoms with Gasteiger partial charge >= 0.3 is 0 Å². The van der Waals surface area contributed by atoms with Crippen molar-refractivity contribution >= 4 is 22.5 Å². The predicted molar refractivity (Wildman–Crippen MR) is 70.5 cm³/mol. The second-order valence-corrected chi connectivity index (χ2v) is 5.58. The third-order valence-electron chi connectivity index (χ3n) is 4.08. The lowest BCUT2D eigenvalue weighted by Gasteiger charge is -2.17. The molecule has 0 aliphatic heterocycles. The van der Waals surface area contributed by atoms with E-state index < -0.39 is 0 Å². The lowest BCUT2D eigenvalue weighted by molar-refractivity contribution is 0.151. The first kappa shape index (κ1) is 11.1. The standard InChI is InChI=1S/C14H16ClNO/c1-9(17)14(5-6-14)12-8-16(2)13-7-10(15)3-4-11(12)13/h3-4,7-9,17H,5-6H2,1-2H3. The molecule has 1 aliphatic rings. The Morgan fingerprint density at radius 1 is 1.41 bits per heavy atom. The average molecular weight is 250 g/mol. The smallest absolute Gasteiger partial charge is 0.0609 e. The highest BCUT2D eigenvalue weighted by Crippen LogP contribution is 2.53. The van der Waals surface area contributed by atoms with Gasteiger partial charge in [-0.05, 0) is 37.5 Å². The van der Waals surface area contributed by atoms with Crippen LogP contribution < -0.4 is 0 Å². The van der Waals surface area contributed by atoms with E-state index >= 15 is 0 Å². The molecule has 90 valence electrons. The SMILES string of the molecule is CC(O)C1(c2cn(C)c3cc(Cl)ccc23)CC1. The Morgan fingerprint density at radius 3 is 2.71 bits per heavy atom. The van der Waals surface area contributed by atoms with Crippen molar-refractivity contribution in [3.8, 4) is 0 Å². The summed E-state index contributed by atoms with van der Waals surface area (Å²) in [5.41, 5.74) is 2.38. The van der Waals surface area contributed by atoms with Crippen molar-refractivity contribution in [1.29, 1.82) is 0 Å². The third-order valence-corrected chi connectivity index (χ3v) is 4.31. The van der Waals surface area contributed by atoms with Crippen LogP contribution in [0.1, 0.15) is 25.3 Å². The van der Waals surface area contributed by atoms with Gasteiger partial charge in [-0.2, -0.15) is 0 Å². The monoisotopic (exact) mass is 249 g/mol. The van der Waals surface area contributed by atoms with Gasteiger partial charge in [0.25, 0.3) is 0 Å². The number of hydrogen-bond acceptors (Lipinski definition) is 1. The van der Waals surface area contributed by atoms with Crippen molar-refractivity contribution in [2.75, 3.05) is 0 Å². The molecular formula is C14H16ClNO. The van der Waals surface area contributed by atoms with E-state index in [1.807, 2.05) is 26.1 Å². The lowest BCUT2D eigenvalue weighted by Crippen LogP contribution is -2.22. The highest BCUT2D eigenvalue weighted by atomic mass is 35.5. The molecular weight excluding hydrogens is 234 g/mol. The molecule has 1 aromatic heterocycles. The number of aliphatic hydroxyl groups is 1. The largest absolute Gasteiger partial charge is 0.392 e. The first-order chi connectivity index (χ1) is 8.04. The van der Waals surface area contributed by atoms with Gasteiger partial charge < -0.3 is 9.67 Å². The quantitative estimate of drug-likeness (QED) is 0.869. The number of nitrogens with zero attached hydrogens (tertiary/aromatic N) is 1. The Labute approximate surface area is 106 Å². The fourth-order valence-corrected chi connectivity index (χ4v) is 2.97. The predicted octanol–water partition coefficient (Wildman–Crippen LogP) is 3.24. The second kappa shape index (κ2) is 3.50. The van der Waals surface area contributed by atoms with Crippen molar-refractivity contribution in [2.45, 2.75) is 31.3 Å². The average Bonchev–Trinajstić information content (AvgIpc) is 3.02. The highest BCUT2D eigenvalue weighted by Gasteiger charge is 2.49. The van der Waals surface area contributed by atoms with Crippen LogP contribution in [0.25, 0.3) is 10.9 Å². The van der Waals surface area contributed by atoms with Crippen molar-refractivity contribution in [3.05, 3.63) is 35.0 Å². The number of benzene rings is 1. The number of aryl methyl sites for hydroxylation is 1. The van der Waals surface area contributed by atoms with E-state index in [-0.39, 0.29) is 11.5 Å². The molecule has 2 aromatic rings. The summed E-state index contributed by atoms with van der Waals surface area (Å²) in [7, 11) is 2.03. The molecule has 1 heterocycles. The summed E-state index contributed by atoms with van der Waals surface area (Å²) in [4.78, 5) is 0. The van der Waals surface area contributed by atoms with Gasteiger partial charge in [-0.3, -0.25) is 0 Å². The van der Waals surface area contributed by atoms with E-state index in [4.69, 9.17) is 11.6 Å². The maximum absolute atomic E-state index is 9.98. The molecule has 3 heteroatoms. The maximum Gasteiger partial charge on any atom is 0.0609 e. The minimum absolute atomic E-state index is 0.0205. The van der Waals surface area contributed by atoms with Gasteiger partial charge in [0.05, 0.1) is 6.10 Å². The van der Waals surface area contributed by atoms with Crippen LogP contribution in [-0.2, 0) is 12.5 Å². The second-order valence-electron chi connectivity index (χ2n) is 5.15. The maximum atomic E-state index is 9.98. The molecule has 1 aliphatic carbocycles. The van der Waals surface area contributed by atoms with E-state index in [2.05, 4.69) is 16.8 Å². The van der Waals surface area contributed by atoms with Crippen molar-refractivity contribution < 1.29 is 5.11 Å². The van der Waals surface area contributed by atoms with E-state index in [9.17, 15) is 5.11 Å². The molecule has 1 N–H and O–H groups in total. The molecule has 0 radical (unpaired) electrons. The summed E-state index contributed by atoms with van der Waals surface area (Å²) in [5, 5.41) is 12.0. The van der Waals surface area contributed by atoms with E-state index in [0.29, 0.717) is 0 Å². The van der Waals surface area contributed by atoms with Crippen LogP contribution in [0, 0.1) is 0 Å². The summed E-state index contributed by atoms with van der Waals surface area (Å²) >= 11 is 6.03. The number of aliphatic hydroxyl groups excluding tert-OH is 1. The number of rotatable bonds is 2. The summed E-state index contributed by atoms with van der Waals surface area (Å²) in [5.74, 6) is 0. The number of aromatic nitrogens is 1. The van der Waals surface area contributed by atoms with E-state index in [0.717, 1.165) is 23.4 Å². The van der Waals surface area contributed by atoms with E-state index in [1.54, 1.807) is 0 Å².